The molecule has 2 aromatic carbocycles. The number of fused-ring (bicyclic) bond motifs is 1. The number of esters is 1. The van der Waals surface area contributed by atoms with Gasteiger partial charge in [-0.05, 0) is 37.1 Å². The topological polar surface area (TPSA) is 104 Å². The Kier molecular flexibility index (Phi) is 5.69. The number of aromatic amines is 2. The zero-order valence-corrected chi connectivity index (χ0v) is 17.6. The summed E-state index contributed by atoms with van der Waals surface area (Å²) < 4.78 is 11.1. The Morgan fingerprint density at radius 1 is 1.13 bits per heavy atom. The SMILES string of the molecule is CCOC(=O)[C@@H]1[C@@H](c2ccc(OCc3ccccc3)cc2)c2c([nH][nH]c2=O)C[C@]1(C)O. The molecule has 4 rings (SSSR count). The van der Waals surface area contributed by atoms with E-state index in [1.165, 1.54) is 0 Å². The second-order valence-electron chi connectivity index (χ2n) is 8.06. The molecule has 0 saturated carbocycles. The summed E-state index contributed by atoms with van der Waals surface area (Å²) in [6.45, 7) is 3.96. The van der Waals surface area contributed by atoms with E-state index >= 15 is 0 Å². The van der Waals surface area contributed by atoms with Gasteiger partial charge in [0.2, 0.25) is 0 Å². The minimum absolute atomic E-state index is 0.152. The molecule has 0 bridgehead atoms. The number of carbonyl (C=O) groups is 1. The van der Waals surface area contributed by atoms with E-state index in [1.54, 1.807) is 13.8 Å². The van der Waals surface area contributed by atoms with Crippen molar-refractivity contribution in [1.29, 1.82) is 0 Å². The van der Waals surface area contributed by atoms with E-state index in [2.05, 4.69) is 10.2 Å². The number of H-pyrrole nitrogens is 2. The first-order valence-corrected chi connectivity index (χ1v) is 10.4. The lowest BCUT2D eigenvalue weighted by Crippen LogP contribution is -2.50. The van der Waals surface area contributed by atoms with Crippen LogP contribution in [-0.2, 0) is 22.6 Å². The van der Waals surface area contributed by atoms with Crippen LogP contribution in [0.25, 0.3) is 0 Å². The quantitative estimate of drug-likeness (QED) is 0.530. The Hall–Kier alpha value is -3.32. The summed E-state index contributed by atoms with van der Waals surface area (Å²) in [5, 5.41) is 16.6. The summed E-state index contributed by atoms with van der Waals surface area (Å²) in [7, 11) is 0. The Morgan fingerprint density at radius 3 is 2.52 bits per heavy atom. The highest BCUT2D eigenvalue weighted by Crippen LogP contribution is 2.44. The average molecular weight is 422 g/mol. The first-order chi connectivity index (χ1) is 14.9. The van der Waals surface area contributed by atoms with Crippen LogP contribution in [0.15, 0.2) is 59.4 Å². The number of hydrogen-bond donors (Lipinski definition) is 3. The zero-order valence-electron chi connectivity index (χ0n) is 17.6. The molecule has 7 heteroatoms. The van der Waals surface area contributed by atoms with Gasteiger partial charge in [-0.25, -0.2) is 0 Å². The maximum absolute atomic E-state index is 12.8. The van der Waals surface area contributed by atoms with E-state index in [-0.39, 0.29) is 18.6 Å². The Bertz CT molecular complexity index is 1100. The summed E-state index contributed by atoms with van der Waals surface area (Å²) >= 11 is 0. The fourth-order valence-corrected chi connectivity index (χ4v) is 4.36. The van der Waals surface area contributed by atoms with E-state index in [9.17, 15) is 14.7 Å². The number of nitrogens with one attached hydrogen (secondary N) is 2. The first-order valence-electron chi connectivity index (χ1n) is 10.4. The van der Waals surface area contributed by atoms with E-state index < -0.39 is 23.4 Å². The van der Waals surface area contributed by atoms with Crippen molar-refractivity contribution in [3.05, 3.63) is 87.3 Å². The van der Waals surface area contributed by atoms with Crippen molar-refractivity contribution in [1.82, 2.24) is 10.2 Å². The van der Waals surface area contributed by atoms with Crippen LogP contribution in [0.4, 0.5) is 0 Å². The number of rotatable bonds is 6. The molecule has 1 aromatic heterocycles. The normalized spacial score (nSPS) is 22.5. The average Bonchev–Trinajstić information content (AvgIpc) is 3.11. The molecule has 31 heavy (non-hydrogen) atoms. The highest BCUT2D eigenvalue weighted by molar-refractivity contribution is 5.77. The van der Waals surface area contributed by atoms with Crippen LogP contribution in [0.2, 0.25) is 0 Å². The number of benzene rings is 2. The summed E-state index contributed by atoms with van der Waals surface area (Å²) in [6.07, 6.45) is 0.152. The maximum Gasteiger partial charge on any atom is 0.312 e. The molecule has 3 N–H and O–H groups in total. The van der Waals surface area contributed by atoms with Crippen LogP contribution >= 0.6 is 0 Å². The molecule has 0 unspecified atom stereocenters. The molecule has 0 radical (unpaired) electrons. The van der Waals surface area contributed by atoms with E-state index in [0.29, 0.717) is 23.6 Å². The third-order valence-corrected chi connectivity index (χ3v) is 5.77. The number of hydrogen-bond acceptors (Lipinski definition) is 5. The van der Waals surface area contributed by atoms with Crippen LogP contribution < -0.4 is 10.3 Å². The monoisotopic (exact) mass is 422 g/mol. The van der Waals surface area contributed by atoms with Crippen LogP contribution in [0.1, 0.15) is 42.1 Å². The lowest BCUT2D eigenvalue weighted by Gasteiger charge is -2.40. The molecule has 0 spiro atoms. The van der Waals surface area contributed by atoms with Crippen molar-refractivity contribution in [3.8, 4) is 5.75 Å². The molecule has 3 aromatic rings. The van der Waals surface area contributed by atoms with Crippen molar-refractivity contribution < 1.29 is 19.4 Å². The van der Waals surface area contributed by atoms with Gasteiger partial charge < -0.3 is 19.7 Å². The second-order valence-corrected chi connectivity index (χ2v) is 8.06. The van der Waals surface area contributed by atoms with Crippen molar-refractivity contribution in [2.75, 3.05) is 6.61 Å². The molecule has 1 aliphatic carbocycles. The molecule has 7 nitrogen and oxygen atoms in total. The Labute approximate surface area is 180 Å². The fraction of sp³-hybridized carbons (Fsp3) is 0.333. The van der Waals surface area contributed by atoms with Gasteiger partial charge in [-0.2, -0.15) is 0 Å². The number of aliphatic hydroxyl groups is 1. The largest absolute Gasteiger partial charge is 0.489 e. The minimum Gasteiger partial charge on any atom is -0.489 e. The van der Waals surface area contributed by atoms with Gasteiger partial charge in [0, 0.05) is 23.6 Å². The van der Waals surface area contributed by atoms with Gasteiger partial charge in [0.05, 0.1) is 18.1 Å². The third-order valence-electron chi connectivity index (χ3n) is 5.77. The van der Waals surface area contributed by atoms with Crippen molar-refractivity contribution in [3.63, 3.8) is 0 Å². The molecular weight excluding hydrogens is 396 g/mol. The van der Waals surface area contributed by atoms with Crippen molar-refractivity contribution in [2.45, 2.75) is 38.4 Å². The lowest BCUT2D eigenvalue weighted by molar-refractivity contribution is -0.159. The lowest BCUT2D eigenvalue weighted by atomic mass is 9.66. The highest BCUT2D eigenvalue weighted by atomic mass is 16.5. The predicted octanol–water partition coefficient (Wildman–Crippen LogP) is 2.90. The standard InChI is InChI=1S/C24H26N2O5/c1-3-30-23(28)21-19(20-18(13-24(21,2)29)25-26-22(20)27)16-9-11-17(12-10-16)31-14-15-7-5-4-6-8-15/h4-12,19,21,29H,3,13-14H2,1-2H3,(H2,25,26,27)/t19-,21-,24-/m0/s1. The molecule has 1 heterocycles. The molecule has 3 atom stereocenters. The van der Waals surface area contributed by atoms with Crippen LogP contribution in [0, 0.1) is 5.92 Å². The number of aromatic nitrogens is 2. The molecule has 162 valence electrons. The minimum atomic E-state index is -1.38. The fourth-order valence-electron chi connectivity index (χ4n) is 4.36. The van der Waals surface area contributed by atoms with Gasteiger partial charge in [0.15, 0.2) is 0 Å². The van der Waals surface area contributed by atoms with Crippen LogP contribution in [0.3, 0.4) is 0 Å². The maximum atomic E-state index is 12.8. The van der Waals surface area contributed by atoms with E-state index in [1.807, 2.05) is 54.6 Å². The van der Waals surface area contributed by atoms with Gasteiger partial charge in [-0.15, -0.1) is 0 Å². The molecule has 0 amide bonds. The van der Waals surface area contributed by atoms with Crippen molar-refractivity contribution in [2.24, 2.45) is 5.92 Å². The smallest absolute Gasteiger partial charge is 0.312 e. The Balaban J connectivity index is 1.66. The van der Waals surface area contributed by atoms with Crippen molar-refractivity contribution >= 4 is 5.97 Å². The third kappa shape index (κ3) is 4.14. The number of carbonyl (C=O) groups excluding carboxylic acids is 1. The zero-order chi connectivity index (χ0) is 22.0. The molecule has 0 aliphatic heterocycles. The predicted molar refractivity (Wildman–Crippen MR) is 115 cm³/mol. The Morgan fingerprint density at radius 2 is 1.84 bits per heavy atom. The van der Waals surface area contributed by atoms with Gasteiger partial charge in [-0.3, -0.25) is 14.7 Å². The van der Waals surface area contributed by atoms with Gasteiger partial charge in [-0.1, -0.05) is 42.5 Å². The van der Waals surface area contributed by atoms with E-state index in [0.717, 1.165) is 11.1 Å². The number of ether oxygens (including phenoxy) is 2. The highest BCUT2D eigenvalue weighted by Gasteiger charge is 2.51. The summed E-state index contributed by atoms with van der Waals surface area (Å²) in [6, 6.07) is 17.1. The van der Waals surface area contributed by atoms with Crippen LogP contribution in [-0.4, -0.2) is 33.5 Å². The summed E-state index contributed by atoms with van der Waals surface area (Å²) in [4.78, 5) is 25.4. The van der Waals surface area contributed by atoms with Gasteiger partial charge >= 0.3 is 5.97 Å². The molecule has 0 fully saturated rings. The summed E-state index contributed by atoms with van der Waals surface area (Å²) in [5.41, 5.74) is 1.18. The molecular formula is C24H26N2O5. The summed E-state index contributed by atoms with van der Waals surface area (Å²) in [5.74, 6) is -1.40. The van der Waals surface area contributed by atoms with Gasteiger partial charge in [0.25, 0.3) is 5.56 Å². The van der Waals surface area contributed by atoms with Gasteiger partial charge in [0.1, 0.15) is 12.4 Å². The first kappa shape index (κ1) is 20.9. The molecule has 0 saturated heterocycles. The van der Waals surface area contributed by atoms with E-state index in [4.69, 9.17) is 9.47 Å². The molecule has 1 aliphatic rings. The van der Waals surface area contributed by atoms with Crippen LogP contribution in [0.5, 0.6) is 5.75 Å². The second kappa shape index (κ2) is 8.43.